The third kappa shape index (κ3) is 4.77. The number of piperazine rings is 1. The van der Waals surface area contributed by atoms with Gasteiger partial charge in [0.25, 0.3) is 0 Å². The van der Waals surface area contributed by atoms with Crippen molar-refractivity contribution in [1.29, 1.82) is 0 Å². The number of nitrogens with zero attached hydrogens (tertiary/aromatic N) is 3. The van der Waals surface area contributed by atoms with Gasteiger partial charge in [-0.05, 0) is 24.5 Å². The molecule has 138 valence electrons. The quantitative estimate of drug-likeness (QED) is 0.841. The summed E-state index contributed by atoms with van der Waals surface area (Å²) >= 11 is 0. The normalized spacial score (nSPS) is 21.8. The Labute approximate surface area is 150 Å². The highest BCUT2D eigenvalue weighted by Crippen LogP contribution is 2.29. The minimum Gasteiger partial charge on any atom is -0.381 e. The lowest BCUT2D eigenvalue weighted by atomic mass is 9.87. The Bertz CT molecular complexity index is 538. The lowest BCUT2D eigenvalue weighted by Crippen LogP contribution is -2.62. The average molecular weight is 346 g/mol. The monoisotopic (exact) mass is 346 g/mol. The zero-order valence-corrected chi connectivity index (χ0v) is 15.2. The van der Waals surface area contributed by atoms with E-state index in [1.807, 2.05) is 25.4 Å². The van der Waals surface area contributed by atoms with Crippen molar-refractivity contribution < 1.29 is 9.53 Å². The van der Waals surface area contributed by atoms with Gasteiger partial charge < -0.3 is 10.1 Å². The van der Waals surface area contributed by atoms with Crippen LogP contribution in [0.1, 0.15) is 31.7 Å². The summed E-state index contributed by atoms with van der Waals surface area (Å²) in [5.74, 6) is 0.140. The molecule has 0 bridgehead atoms. The SMILES string of the molecule is CCC(=O)NCC1(N2CCN(Cc3cccnc3)CC2)CCOCC1. The molecule has 2 saturated heterocycles. The highest BCUT2D eigenvalue weighted by molar-refractivity contribution is 5.75. The van der Waals surface area contributed by atoms with Crippen molar-refractivity contribution in [3.05, 3.63) is 30.1 Å². The van der Waals surface area contributed by atoms with E-state index in [0.717, 1.165) is 65.3 Å². The maximum atomic E-state index is 11.8. The molecule has 2 aliphatic rings. The Balaban J connectivity index is 1.57. The molecule has 3 rings (SSSR count). The molecule has 1 aromatic rings. The predicted octanol–water partition coefficient (Wildman–Crippen LogP) is 1.27. The van der Waals surface area contributed by atoms with E-state index >= 15 is 0 Å². The van der Waals surface area contributed by atoms with Gasteiger partial charge in [-0.2, -0.15) is 0 Å². The van der Waals surface area contributed by atoms with Crippen molar-refractivity contribution in [2.75, 3.05) is 45.9 Å². The van der Waals surface area contributed by atoms with Crippen LogP contribution in [0.4, 0.5) is 0 Å². The summed E-state index contributed by atoms with van der Waals surface area (Å²) in [7, 11) is 0. The Kier molecular flexibility index (Phi) is 6.39. The van der Waals surface area contributed by atoms with Gasteiger partial charge in [-0.1, -0.05) is 13.0 Å². The van der Waals surface area contributed by atoms with E-state index in [9.17, 15) is 4.79 Å². The van der Waals surface area contributed by atoms with Crippen molar-refractivity contribution >= 4 is 5.91 Å². The fourth-order valence-corrected chi connectivity index (χ4v) is 3.87. The van der Waals surface area contributed by atoms with Crippen LogP contribution in [0, 0.1) is 0 Å². The van der Waals surface area contributed by atoms with E-state index in [4.69, 9.17) is 4.74 Å². The van der Waals surface area contributed by atoms with Gasteiger partial charge in [0.15, 0.2) is 0 Å². The first kappa shape index (κ1) is 18.3. The summed E-state index contributed by atoms with van der Waals surface area (Å²) in [6.07, 6.45) is 6.32. The lowest BCUT2D eigenvalue weighted by Gasteiger charge is -2.49. The molecule has 1 aromatic heterocycles. The number of hydrogen-bond donors (Lipinski definition) is 1. The van der Waals surface area contributed by atoms with Crippen molar-refractivity contribution in [2.45, 2.75) is 38.3 Å². The summed E-state index contributed by atoms with van der Waals surface area (Å²) in [6.45, 7) is 9.39. The Morgan fingerprint density at radius 1 is 1.28 bits per heavy atom. The highest BCUT2D eigenvalue weighted by Gasteiger charge is 2.39. The summed E-state index contributed by atoms with van der Waals surface area (Å²) in [5, 5.41) is 3.13. The predicted molar refractivity (Wildman–Crippen MR) is 97.2 cm³/mol. The van der Waals surface area contributed by atoms with Crippen LogP contribution in [-0.4, -0.2) is 72.2 Å². The molecule has 0 atom stereocenters. The van der Waals surface area contributed by atoms with E-state index in [2.05, 4.69) is 26.2 Å². The number of rotatable bonds is 6. The number of pyridine rings is 1. The molecule has 25 heavy (non-hydrogen) atoms. The van der Waals surface area contributed by atoms with Crippen LogP contribution in [0.15, 0.2) is 24.5 Å². The molecule has 0 unspecified atom stereocenters. The van der Waals surface area contributed by atoms with Gasteiger partial charge in [-0.15, -0.1) is 0 Å². The number of nitrogens with one attached hydrogen (secondary N) is 1. The van der Waals surface area contributed by atoms with E-state index in [1.165, 1.54) is 5.56 Å². The molecule has 1 N–H and O–H groups in total. The van der Waals surface area contributed by atoms with Crippen LogP contribution >= 0.6 is 0 Å². The Hall–Kier alpha value is -1.50. The highest BCUT2D eigenvalue weighted by atomic mass is 16.5. The summed E-state index contributed by atoms with van der Waals surface area (Å²) < 4.78 is 5.59. The molecule has 6 heteroatoms. The molecule has 2 fully saturated rings. The summed E-state index contributed by atoms with van der Waals surface area (Å²) in [6, 6.07) is 4.14. The number of carbonyl (C=O) groups is 1. The lowest BCUT2D eigenvalue weighted by molar-refractivity contribution is -0.122. The number of aromatic nitrogens is 1. The largest absolute Gasteiger partial charge is 0.381 e. The molecule has 0 saturated carbocycles. The zero-order valence-electron chi connectivity index (χ0n) is 15.2. The second-order valence-corrected chi connectivity index (χ2v) is 7.09. The maximum absolute atomic E-state index is 11.8. The van der Waals surface area contributed by atoms with Crippen molar-refractivity contribution in [3.8, 4) is 0 Å². The average Bonchev–Trinajstić information content (AvgIpc) is 2.68. The second kappa shape index (κ2) is 8.74. The summed E-state index contributed by atoms with van der Waals surface area (Å²) in [5.41, 5.74) is 1.33. The van der Waals surface area contributed by atoms with Gasteiger partial charge in [0, 0.05) is 76.8 Å². The van der Waals surface area contributed by atoms with E-state index < -0.39 is 0 Å². The molecule has 0 aliphatic carbocycles. The number of amides is 1. The smallest absolute Gasteiger partial charge is 0.219 e. The minimum atomic E-state index is 0.0590. The standard InChI is InChI=1S/C19H30N4O2/c1-2-18(24)21-16-19(5-12-25-13-6-19)23-10-8-22(9-11-23)15-17-4-3-7-20-14-17/h3-4,7,14H,2,5-6,8-13,15-16H2,1H3,(H,21,24). The van der Waals surface area contributed by atoms with Crippen molar-refractivity contribution in [3.63, 3.8) is 0 Å². The second-order valence-electron chi connectivity index (χ2n) is 7.09. The topological polar surface area (TPSA) is 57.7 Å². The molecule has 2 aliphatic heterocycles. The van der Waals surface area contributed by atoms with Crippen LogP contribution in [0.25, 0.3) is 0 Å². The van der Waals surface area contributed by atoms with Gasteiger partial charge in [0.2, 0.25) is 5.91 Å². The van der Waals surface area contributed by atoms with Crippen molar-refractivity contribution in [1.82, 2.24) is 20.1 Å². The first-order valence-electron chi connectivity index (χ1n) is 9.43. The third-order valence-electron chi connectivity index (χ3n) is 5.53. The van der Waals surface area contributed by atoms with E-state index in [-0.39, 0.29) is 11.4 Å². The molecule has 6 nitrogen and oxygen atoms in total. The minimum absolute atomic E-state index is 0.0590. The number of ether oxygens (including phenoxy) is 1. The van der Waals surface area contributed by atoms with E-state index in [1.54, 1.807) is 0 Å². The molecule has 0 radical (unpaired) electrons. The molecule has 0 aromatic carbocycles. The fraction of sp³-hybridized carbons (Fsp3) is 0.684. The van der Waals surface area contributed by atoms with Crippen LogP contribution in [0.2, 0.25) is 0 Å². The Morgan fingerprint density at radius 2 is 2.04 bits per heavy atom. The van der Waals surface area contributed by atoms with Gasteiger partial charge in [0.05, 0.1) is 0 Å². The summed E-state index contributed by atoms with van der Waals surface area (Å²) in [4.78, 5) is 21.0. The molecule has 0 spiro atoms. The fourth-order valence-electron chi connectivity index (χ4n) is 3.87. The van der Waals surface area contributed by atoms with E-state index in [0.29, 0.717) is 6.42 Å². The maximum Gasteiger partial charge on any atom is 0.219 e. The molecule has 3 heterocycles. The Morgan fingerprint density at radius 3 is 2.68 bits per heavy atom. The van der Waals surface area contributed by atoms with Gasteiger partial charge >= 0.3 is 0 Å². The van der Waals surface area contributed by atoms with Gasteiger partial charge in [-0.3, -0.25) is 19.6 Å². The van der Waals surface area contributed by atoms with Crippen LogP contribution in [0.5, 0.6) is 0 Å². The van der Waals surface area contributed by atoms with Crippen LogP contribution in [-0.2, 0) is 16.1 Å². The molecule has 1 amide bonds. The van der Waals surface area contributed by atoms with Crippen molar-refractivity contribution in [2.24, 2.45) is 0 Å². The van der Waals surface area contributed by atoms with Gasteiger partial charge in [0.1, 0.15) is 0 Å². The first-order valence-corrected chi connectivity index (χ1v) is 9.43. The number of carbonyl (C=O) groups excluding carboxylic acids is 1. The molecular weight excluding hydrogens is 316 g/mol. The first-order chi connectivity index (χ1) is 12.2. The number of hydrogen-bond acceptors (Lipinski definition) is 5. The van der Waals surface area contributed by atoms with Crippen LogP contribution in [0.3, 0.4) is 0 Å². The van der Waals surface area contributed by atoms with Gasteiger partial charge in [-0.25, -0.2) is 0 Å². The molecular formula is C19H30N4O2. The zero-order chi connectivity index (χ0) is 17.5. The third-order valence-corrected chi connectivity index (χ3v) is 5.53. The van der Waals surface area contributed by atoms with Crippen LogP contribution < -0.4 is 5.32 Å².